The number of benzene rings is 1. The summed E-state index contributed by atoms with van der Waals surface area (Å²) in [6.07, 6.45) is 1.61. The SMILES string of the molecule is CNC(c1cccc(-c2ccno2)c1)c1ccc(C(C)C)c(F)n1. The third-order valence-electron chi connectivity index (χ3n) is 4.05. The van der Waals surface area contributed by atoms with Crippen LogP contribution in [0.3, 0.4) is 0 Å². The molecule has 0 radical (unpaired) electrons. The van der Waals surface area contributed by atoms with E-state index in [-0.39, 0.29) is 12.0 Å². The van der Waals surface area contributed by atoms with Crippen LogP contribution in [0.25, 0.3) is 11.3 Å². The second-order valence-corrected chi connectivity index (χ2v) is 5.99. The van der Waals surface area contributed by atoms with Crippen molar-refractivity contribution in [3.8, 4) is 11.3 Å². The summed E-state index contributed by atoms with van der Waals surface area (Å²) in [7, 11) is 1.84. The predicted octanol–water partition coefficient (Wildman–Crippen LogP) is 4.31. The van der Waals surface area contributed by atoms with Crippen LogP contribution in [0.1, 0.15) is 42.6 Å². The summed E-state index contributed by atoms with van der Waals surface area (Å²) in [5, 5.41) is 6.94. The molecule has 1 unspecified atom stereocenters. The number of hydrogen-bond donors (Lipinski definition) is 1. The second-order valence-electron chi connectivity index (χ2n) is 5.99. The molecule has 0 bridgehead atoms. The van der Waals surface area contributed by atoms with Crippen LogP contribution in [0.4, 0.5) is 4.39 Å². The fourth-order valence-corrected chi connectivity index (χ4v) is 2.77. The lowest BCUT2D eigenvalue weighted by molar-refractivity contribution is 0.432. The Balaban J connectivity index is 1.97. The van der Waals surface area contributed by atoms with E-state index in [1.54, 1.807) is 6.20 Å². The van der Waals surface area contributed by atoms with Gasteiger partial charge in [0.05, 0.1) is 17.9 Å². The summed E-state index contributed by atoms with van der Waals surface area (Å²) in [6, 6.07) is 13.2. The summed E-state index contributed by atoms with van der Waals surface area (Å²) in [6.45, 7) is 3.91. The molecule has 124 valence electrons. The monoisotopic (exact) mass is 325 g/mol. The van der Waals surface area contributed by atoms with Crippen LogP contribution in [-0.2, 0) is 0 Å². The van der Waals surface area contributed by atoms with Crippen molar-refractivity contribution in [2.75, 3.05) is 7.05 Å². The minimum Gasteiger partial charge on any atom is -0.356 e. The van der Waals surface area contributed by atoms with Gasteiger partial charge in [-0.3, -0.25) is 0 Å². The van der Waals surface area contributed by atoms with Crippen molar-refractivity contribution < 1.29 is 8.91 Å². The normalized spacial score (nSPS) is 12.5. The van der Waals surface area contributed by atoms with Crippen molar-refractivity contribution in [2.24, 2.45) is 0 Å². The maximum absolute atomic E-state index is 14.3. The highest BCUT2D eigenvalue weighted by Gasteiger charge is 2.17. The van der Waals surface area contributed by atoms with Gasteiger partial charge in [-0.25, -0.2) is 4.98 Å². The predicted molar refractivity (Wildman–Crippen MR) is 91.1 cm³/mol. The molecule has 2 aromatic heterocycles. The lowest BCUT2D eigenvalue weighted by atomic mass is 9.98. The highest BCUT2D eigenvalue weighted by atomic mass is 19.1. The zero-order chi connectivity index (χ0) is 17.1. The van der Waals surface area contributed by atoms with E-state index in [9.17, 15) is 4.39 Å². The Morgan fingerprint density at radius 1 is 1.12 bits per heavy atom. The van der Waals surface area contributed by atoms with E-state index in [4.69, 9.17) is 4.52 Å². The van der Waals surface area contributed by atoms with Crippen LogP contribution in [0.2, 0.25) is 0 Å². The molecule has 3 rings (SSSR count). The third kappa shape index (κ3) is 3.21. The maximum Gasteiger partial charge on any atom is 0.216 e. The highest BCUT2D eigenvalue weighted by molar-refractivity contribution is 5.58. The van der Waals surface area contributed by atoms with Crippen molar-refractivity contribution in [1.29, 1.82) is 0 Å². The lowest BCUT2D eigenvalue weighted by Crippen LogP contribution is -2.19. The second kappa shape index (κ2) is 6.93. The van der Waals surface area contributed by atoms with Crippen LogP contribution in [-0.4, -0.2) is 17.2 Å². The first-order chi connectivity index (χ1) is 11.6. The Hall–Kier alpha value is -2.53. The first-order valence-electron chi connectivity index (χ1n) is 7.94. The molecule has 0 aliphatic heterocycles. The molecule has 4 nitrogen and oxygen atoms in total. The summed E-state index contributed by atoms with van der Waals surface area (Å²) in [5.74, 6) is 0.393. The molecule has 0 saturated carbocycles. The van der Waals surface area contributed by atoms with Crippen molar-refractivity contribution >= 4 is 0 Å². The van der Waals surface area contributed by atoms with Gasteiger partial charge < -0.3 is 9.84 Å². The van der Waals surface area contributed by atoms with Crippen LogP contribution in [0.15, 0.2) is 53.2 Å². The third-order valence-corrected chi connectivity index (χ3v) is 4.05. The Morgan fingerprint density at radius 3 is 2.58 bits per heavy atom. The average Bonchev–Trinajstić information content (AvgIpc) is 3.10. The summed E-state index contributed by atoms with van der Waals surface area (Å²) < 4.78 is 19.5. The van der Waals surface area contributed by atoms with E-state index in [2.05, 4.69) is 15.5 Å². The van der Waals surface area contributed by atoms with E-state index in [1.165, 1.54) is 0 Å². The molecule has 0 spiro atoms. The molecule has 1 atom stereocenters. The molecule has 1 N–H and O–H groups in total. The van der Waals surface area contributed by atoms with E-state index < -0.39 is 5.95 Å². The van der Waals surface area contributed by atoms with E-state index in [1.807, 2.05) is 63.4 Å². The van der Waals surface area contributed by atoms with Crippen molar-refractivity contribution in [2.45, 2.75) is 25.8 Å². The standard InChI is InChI=1S/C19H20FN3O/c1-12(2)15-7-8-16(23-19(15)20)18(21-3)14-6-4-5-13(11-14)17-9-10-22-24-17/h4-12,18,21H,1-3H3. The largest absolute Gasteiger partial charge is 0.356 e. The van der Waals surface area contributed by atoms with E-state index in [0.717, 1.165) is 11.1 Å². The molecule has 0 amide bonds. The van der Waals surface area contributed by atoms with Gasteiger partial charge in [0, 0.05) is 17.2 Å². The van der Waals surface area contributed by atoms with Gasteiger partial charge in [-0.05, 0) is 30.7 Å². The van der Waals surface area contributed by atoms with E-state index >= 15 is 0 Å². The molecular formula is C19H20FN3O. The molecule has 0 aliphatic carbocycles. The Bertz CT molecular complexity index is 815. The van der Waals surface area contributed by atoms with Gasteiger partial charge in [0.25, 0.3) is 0 Å². The van der Waals surface area contributed by atoms with Crippen LogP contribution < -0.4 is 5.32 Å². The number of pyridine rings is 1. The molecule has 0 saturated heterocycles. The summed E-state index contributed by atoms with van der Waals surface area (Å²) in [5.41, 5.74) is 3.18. The number of nitrogens with one attached hydrogen (secondary N) is 1. The van der Waals surface area contributed by atoms with Crippen molar-refractivity contribution in [3.63, 3.8) is 0 Å². The van der Waals surface area contributed by atoms with Gasteiger partial charge in [-0.2, -0.15) is 4.39 Å². The number of rotatable bonds is 5. The van der Waals surface area contributed by atoms with E-state index in [0.29, 0.717) is 17.0 Å². The van der Waals surface area contributed by atoms with Gasteiger partial charge in [0.15, 0.2) is 5.76 Å². The number of aromatic nitrogens is 2. The number of nitrogens with zero attached hydrogens (tertiary/aromatic N) is 2. The fourth-order valence-electron chi connectivity index (χ4n) is 2.77. The van der Waals surface area contributed by atoms with Crippen LogP contribution in [0.5, 0.6) is 0 Å². The molecule has 5 heteroatoms. The van der Waals surface area contributed by atoms with Crippen LogP contribution >= 0.6 is 0 Å². The Morgan fingerprint density at radius 2 is 1.96 bits per heavy atom. The highest BCUT2D eigenvalue weighted by Crippen LogP contribution is 2.27. The molecule has 24 heavy (non-hydrogen) atoms. The molecule has 2 heterocycles. The lowest BCUT2D eigenvalue weighted by Gasteiger charge is -2.18. The van der Waals surface area contributed by atoms with Gasteiger partial charge in [0.1, 0.15) is 0 Å². The average molecular weight is 325 g/mol. The minimum atomic E-state index is -0.408. The van der Waals surface area contributed by atoms with Crippen LogP contribution in [0, 0.1) is 5.95 Å². The first-order valence-corrected chi connectivity index (χ1v) is 7.94. The smallest absolute Gasteiger partial charge is 0.216 e. The number of halogens is 1. The van der Waals surface area contributed by atoms with Crippen molar-refractivity contribution in [1.82, 2.24) is 15.5 Å². The molecule has 0 aliphatic rings. The topological polar surface area (TPSA) is 51.0 Å². The van der Waals surface area contributed by atoms with Gasteiger partial charge in [0.2, 0.25) is 5.95 Å². The minimum absolute atomic E-state index is 0.106. The first kappa shape index (κ1) is 16.3. The molecule has 3 aromatic rings. The quantitative estimate of drug-likeness (QED) is 0.710. The Labute approximate surface area is 140 Å². The number of hydrogen-bond acceptors (Lipinski definition) is 4. The van der Waals surface area contributed by atoms with Gasteiger partial charge in [-0.1, -0.05) is 43.3 Å². The summed E-state index contributed by atoms with van der Waals surface area (Å²) >= 11 is 0. The Kier molecular flexibility index (Phi) is 4.71. The van der Waals surface area contributed by atoms with Gasteiger partial charge in [-0.15, -0.1) is 0 Å². The fraction of sp³-hybridized carbons (Fsp3) is 0.263. The summed E-state index contributed by atoms with van der Waals surface area (Å²) in [4.78, 5) is 4.17. The van der Waals surface area contributed by atoms with Crippen molar-refractivity contribution in [3.05, 3.63) is 71.4 Å². The zero-order valence-corrected chi connectivity index (χ0v) is 14.0. The molecule has 1 aromatic carbocycles. The maximum atomic E-state index is 14.3. The molecule has 0 fully saturated rings. The van der Waals surface area contributed by atoms with Gasteiger partial charge >= 0.3 is 0 Å². The molecular weight excluding hydrogens is 305 g/mol. The zero-order valence-electron chi connectivity index (χ0n) is 14.0.